The van der Waals surface area contributed by atoms with Gasteiger partial charge in [-0.3, -0.25) is 4.90 Å². The maximum absolute atomic E-state index is 3.52. The number of nitrogens with one attached hydrogen (secondary N) is 1. The van der Waals surface area contributed by atoms with Crippen molar-refractivity contribution in [2.45, 2.75) is 25.4 Å². The fourth-order valence-corrected chi connectivity index (χ4v) is 2.38. The Labute approximate surface area is 81.1 Å². The van der Waals surface area contributed by atoms with Gasteiger partial charge in [0.1, 0.15) is 0 Å². The molecule has 1 N–H and O–H groups in total. The molecule has 76 valence electrons. The molecule has 0 bridgehead atoms. The Morgan fingerprint density at radius 2 is 1.85 bits per heavy atom. The SMILES string of the molecule is C[C@H]1C[C@@H](N2CCN(C)CC2)CN1. The van der Waals surface area contributed by atoms with Crippen molar-refractivity contribution in [3.8, 4) is 0 Å². The summed E-state index contributed by atoms with van der Waals surface area (Å²) >= 11 is 0. The van der Waals surface area contributed by atoms with Crippen LogP contribution in [0, 0.1) is 0 Å². The molecule has 0 aromatic rings. The Bertz CT molecular complexity index is 164. The normalized spacial score (nSPS) is 38.3. The van der Waals surface area contributed by atoms with Crippen molar-refractivity contribution < 1.29 is 0 Å². The Hall–Kier alpha value is -0.120. The van der Waals surface area contributed by atoms with Gasteiger partial charge >= 0.3 is 0 Å². The molecule has 2 aliphatic rings. The quantitative estimate of drug-likeness (QED) is 0.616. The molecule has 2 fully saturated rings. The van der Waals surface area contributed by atoms with Crippen LogP contribution in [0.15, 0.2) is 0 Å². The minimum atomic E-state index is 0.727. The molecule has 0 aromatic carbocycles. The molecule has 0 aliphatic carbocycles. The first-order valence-electron chi connectivity index (χ1n) is 5.41. The summed E-state index contributed by atoms with van der Waals surface area (Å²) < 4.78 is 0. The lowest BCUT2D eigenvalue weighted by Crippen LogP contribution is -2.49. The second kappa shape index (κ2) is 3.95. The fraction of sp³-hybridized carbons (Fsp3) is 1.00. The van der Waals surface area contributed by atoms with E-state index >= 15 is 0 Å². The van der Waals surface area contributed by atoms with Crippen LogP contribution in [0.25, 0.3) is 0 Å². The Morgan fingerprint density at radius 1 is 1.15 bits per heavy atom. The van der Waals surface area contributed by atoms with Gasteiger partial charge in [0.2, 0.25) is 0 Å². The highest BCUT2D eigenvalue weighted by Crippen LogP contribution is 2.14. The van der Waals surface area contributed by atoms with Gasteiger partial charge in [-0.1, -0.05) is 0 Å². The third kappa shape index (κ3) is 2.22. The molecular formula is C10H21N3. The monoisotopic (exact) mass is 183 g/mol. The minimum absolute atomic E-state index is 0.727. The number of rotatable bonds is 1. The number of hydrogen-bond acceptors (Lipinski definition) is 3. The smallest absolute Gasteiger partial charge is 0.0236 e. The van der Waals surface area contributed by atoms with Crippen molar-refractivity contribution in [2.75, 3.05) is 39.8 Å². The molecule has 0 radical (unpaired) electrons. The maximum Gasteiger partial charge on any atom is 0.0236 e. The van der Waals surface area contributed by atoms with Crippen LogP contribution in [-0.4, -0.2) is 61.7 Å². The zero-order valence-electron chi connectivity index (χ0n) is 8.79. The average Bonchev–Trinajstić information content (AvgIpc) is 2.53. The molecule has 0 aromatic heterocycles. The minimum Gasteiger partial charge on any atom is -0.313 e. The van der Waals surface area contributed by atoms with Crippen molar-refractivity contribution >= 4 is 0 Å². The van der Waals surface area contributed by atoms with E-state index in [1.165, 1.54) is 39.1 Å². The topological polar surface area (TPSA) is 18.5 Å². The molecule has 3 nitrogen and oxygen atoms in total. The zero-order valence-corrected chi connectivity index (χ0v) is 8.79. The lowest BCUT2D eigenvalue weighted by Gasteiger charge is -2.36. The van der Waals surface area contributed by atoms with Gasteiger partial charge in [0, 0.05) is 44.8 Å². The van der Waals surface area contributed by atoms with Crippen LogP contribution in [0.1, 0.15) is 13.3 Å². The predicted molar refractivity (Wildman–Crippen MR) is 54.9 cm³/mol. The van der Waals surface area contributed by atoms with Gasteiger partial charge in [0.25, 0.3) is 0 Å². The van der Waals surface area contributed by atoms with E-state index in [9.17, 15) is 0 Å². The summed E-state index contributed by atoms with van der Waals surface area (Å²) in [6.07, 6.45) is 1.34. The van der Waals surface area contributed by atoms with Crippen molar-refractivity contribution in [1.82, 2.24) is 15.1 Å². The maximum atomic E-state index is 3.52. The number of nitrogens with zero attached hydrogens (tertiary/aromatic N) is 2. The summed E-state index contributed by atoms with van der Waals surface area (Å²) in [5, 5.41) is 3.52. The largest absolute Gasteiger partial charge is 0.313 e. The van der Waals surface area contributed by atoms with E-state index in [1.807, 2.05) is 0 Å². The van der Waals surface area contributed by atoms with E-state index in [-0.39, 0.29) is 0 Å². The van der Waals surface area contributed by atoms with E-state index in [2.05, 4.69) is 29.1 Å². The summed E-state index contributed by atoms with van der Waals surface area (Å²) in [4.78, 5) is 5.07. The molecule has 2 aliphatic heterocycles. The first-order chi connectivity index (χ1) is 6.25. The standard InChI is InChI=1S/C10H21N3/c1-9-7-10(8-11-9)13-5-3-12(2)4-6-13/h9-11H,3-8H2,1-2H3/t9-,10+/m0/s1. The molecule has 13 heavy (non-hydrogen) atoms. The van der Waals surface area contributed by atoms with Crippen molar-refractivity contribution in [3.05, 3.63) is 0 Å². The Morgan fingerprint density at radius 3 is 2.38 bits per heavy atom. The van der Waals surface area contributed by atoms with Crippen molar-refractivity contribution in [1.29, 1.82) is 0 Å². The number of piperazine rings is 1. The van der Waals surface area contributed by atoms with Crippen LogP contribution in [-0.2, 0) is 0 Å². The van der Waals surface area contributed by atoms with Crippen LogP contribution in [0.2, 0.25) is 0 Å². The summed E-state index contributed by atoms with van der Waals surface area (Å²) in [7, 11) is 2.22. The molecule has 0 spiro atoms. The highest BCUT2D eigenvalue weighted by atomic mass is 15.3. The summed E-state index contributed by atoms with van der Waals surface area (Å²) in [6.45, 7) is 8.49. The lowest BCUT2D eigenvalue weighted by atomic mass is 10.1. The second-order valence-corrected chi connectivity index (χ2v) is 4.54. The second-order valence-electron chi connectivity index (χ2n) is 4.54. The predicted octanol–water partition coefficient (Wildman–Crippen LogP) is -0.0158. The van der Waals surface area contributed by atoms with Crippen molar-refractivity contribution in [3.63, 3.8) is 0 Å². The fourth-order valence-electron chi connectivity index (χ4n) is 2.38. The van der Waals surface area contributed by atoms with Gasteiger partial charge in [-0.25, -0.2) is 0 Å². The summed E-state index contributed by atoms with van der Waals surface area (Å²) in [5.41, 5.74) is 0. The van der Waals surface area contributed by atoms with E-state index < -0.39 is 0 Å². The Kier molecular flexibility index (Phi) is 2.86. The van der Waals surface area contributed by atoms with Crippen molar-refractivity contribution in [2.24, 2.45) is 0 Å². The van der Waals surface area contributed by atoms with E-state index in [0.29, 0.717) is 0 Å². The Balaban J connectivity index is 1.81. The molecule has 2 rings (SSSR count). The van der Waals surface area contributed by atoms with E-state index in [0.717, 1.165) is 12.1 Å². The molecule has 0 saturated carbocycles. The van der Waals surface area contributed by atoms with Gasteiger partial charge in [0.05, 0.1) is 0 Å². The van der Waals surface area contributed by atoms with Gasteiger partial charge in [0.15, 0.2) is 0 Å². The van der Waals surface area contributed by atoms with Crippen LogP contribution in [0.3, 0.4) is 0 Å². The van der Waals surface area contributed by atoms with Crippen LogP contribution >= 0.6 is 0 Å². The van der Waals surface area contributed by atoms with E-state index in [4.69, 9.17) is 0 Å². The first kappa shape index (κ1) is 9.44. The first-order valence-corrected chi connectivity index (χ1v) is 5.41. The van der Waals surface area contributed by atoms with Crippen LogP contribution in [0.4, 0.5) is 0 Å². The summed E-state index contributed by atoms with van der Waals surface area (Å²) in [5.74, 6) is 0. The van der Waals surface area contributed by atoms with Crippen LogP contribution < -0.4 is 5.32 Å². The highest BCUT2D eigenvalue weighted by Gasteiger charge is 2.27. The molecule has 2 heterocycles. The van der Waals surface area contributed by atoms with E-state index in [1.54, 1.807) is 0 Å². The number of likely N-dealkylation sites (N-methyl/N-ethyl adjacent to an activating group) is 1. The molecule has 0 amide bonds. The number of hydrogen-bond donors (Lipinski definition) is 1. The molecule has 2 atom stereocenters. The molecule has 0 unspecified atom stereocenters. The van der Waals surface area contributed by atoms with Gasteiger partial charge < -0.3 is 10.2 Å². The van der Waals surface area contributed by atoms with Gasteiger partial charge in [-0.05, 0) is 20.4 Å². The zero-order chi connectivity index (χ0) is 9.26. The molecule has 2 saturated heterocycles. The molecular weight excluding hydrogens is 162 g/mol. The third-order valence-corrected chi connectivity index (χ3v) is 3.38. The van der Waals surface area contributed by atoms with Gasteiger partial charge in [-0.15, -0.1) is 0 Å². The molecule has 3 heteroatoms. The van der Waals surface area contributed by atoms with Crippen LogP contribution in [0.5, 0.6) is 0 Å². The lowest BCUT2D eigenvalue weighted by molar-refractivity contribution is 0.118. The average molecular weight is 183 g/mol. The highest BCUT2D eigenvalue weighted by molar-refractivity contribution is 4.87. The third-order valence-electron chi connectivity index (χ3n) is 3.38. The van der Waals surface area contributed by atoms with Gasteiger partial charge in [-0.2, -0.15) is 0 Å². The summed E-state index contributed by atoms with van der Waals surface area (Å²) in [6, 6.07) is 1.54.